The summed E-state index contributed by atoms with van der Waals surface area (Å²) in [7, 11) is 0. The molecule has 272 valence electrons. The van der Waals surface area contributed by atoms with Gasteiger partial charge >= 0.3 is 0 Å². The summed E-state index contributed by atoms with van der Waals surface area (Å²) in [6.07, 6.45) is 0. The molecule has 58 heavy (non-hydrogen) atoms. The van der Waals surface area contributed by atoms with Crippen molar-refractivity contribution in [3.05, 3.63) is 212 Å². The minimum atomic E-state index is 0.706. The van der Waals surface area contributed by atoms with Crippen molar-refractivity contribution < 1.29 is 0 Å². The van der Waals surface area contributed by atoms with Crippen LogP contribution in [0.3, 0.4) is 0 Å². The molecule has 5 heteroatoms. The summed E-state index contributed by atoms with van der Waals surface area (Å²) in [5.74, 6) is 1.58. The molecule has 0 amide bonds. The SMILES string of the molecule is c1ccc(-c2cc(-c3ccc(-c4ccc5nc6n(-c7c(-c8ccccc8)cccc7-c7ccccc7)c7ccccc7n6c5c4)cc3)nc(-c3ccccc3)n2)cc1. The molecule has 0 N–H and O–H groups in total. The van der Waals surface area contributed by atoms with Gasteiger partial charge in [0.25, 0.3) is 0 Å². The predicted molar refractivity (Wildman–Crippen MR) is 238 cm³/mol. The first-order valence-electron chi connectivity index (χ1n) is 19.5. The van der Waals surface area contributed by atoms with Gasteiger partial charge in [0.2, 0.25) is 5.78 Å². The fourth-order valence-corrected chi connectivity index (χ4v) is 8.19. The number of hydrogen-bond acceptors (Lipinski definition) is 3. The van der Waals surface area contributed by atoms with Gasteiger partial charge in [0.05, 0.1) is 39.1 Å². The molecule has 3 heterocycles. The molecule has 0 fully saturated rings. The molecule has 0 saturated heterocycles. The summed E-state index contributed by atoms with van der Waals surface area (Å²) >= 11 is 0. The zero-order valence-electron chi connectivity index (χ0n) is 31.4. The van der Waals surface area contributed by atoms with Crippen LogP contribution < -0.4 is 0 Å². The number of rotatable bonds is 7. The van der Waals surface area contributed by atoms with E-state index in [1.807, 2.05) is 36.4 Å². The molecule has 11 aromatic rings. The molecule has 0 aliphatic rings. The van der Waals surface area contributed by atoms with Crippen LogP contribution in [-0.2, 0) is 0 Å². The molecule has 8 aromatic carbocycles. The van der Waals surface area contributed by atoms with E-state index in [2.05, 4.69) is 185 Å². The van der Waals surface area contributed by atoms with Crippen LogP contribution in [0, 0.1) is 0 Å². The first-order chi connectivity index (χ1) is 28.8. The Balaban J connectivity index is 1.05. The maximum Gasteiger partial charge on any atom is 0.220 e. The normalized spacial score (nSPS) is 11.4. The first-order valence-corrected chi connectivity index (χ1v) is 19.5. The third-order valence-electron chi connectivity index (χ3n) is 11.0. The molecule has 0 aliphatic carbocycles. The lowest BCUT2D eigenvalue weighted by molar-refractivity contribution is 1.11. The van der Waals surface area contributed by atoms with Gasteiger partial charge in [-0.2, -0.15) is 0 Å². The van der Waals surface area contributed by atoms with Crippen LogP contribution in [0.2, 0.25) is 0 Å². The quantitative estimate of drug-likeness (QED) is 0.163. The van der Waals surface area contributed by atoms with Crippen molar-refractivity contribution in [3.8, 4) is 73.0 Å². The smallest absolute Gasteiger partial charge is 0.220 e. The molecule has 0 bridgehead atoms. The van der Waals surface area contributed by atoms with E-state index in [0.717, 1.165) is 95.0 Å². The number of imidazole rings is 2. The van der Waals surface area contributed by atoms with Crippen LogP contribution in [0.15, 0.2) is 212 Å². The van der Waals surface area contributed by atoms with Gasteiger partial charge < -0.3 is 0 Å². The maximum absolute atomic E-state index is 5.37. The summed E-state index contributed by atoms with van der Waals surface area (Å²) in [4.78, 5) is 15.4. The third-order valence-corrected chi connectivity index (χ3v) is 11.0. The molecule has 0 spiro atoms. The van der Waals surface area contributed by atoms with E-state index in [0.29, 0.717) is 5.82 Å². The Morgan fingerprint density at radius 2 is 0.793 bits per heavy atom. The summed E-state index contributed by atoms with van der Waals surface area (Å²) in [5.41, 5.74) is 17.0. The van der Waals surface area contributed by atoms with Crippen LogP contribution in [-0.4, -0.2) is 23.9 Å². The van der Waals surface area contributed by atoms with E-state index in [4.69, 9.17) is 15.0 Å². The standard InChI is InChI=1S/C53H35N5/c1-5-16-37(17-6-1)43-24-15-25-44(38-18-7-2-8-19-38)51(43)58-49-27-14-13-26-48(49)57-50-34-42(32-33-45(50)56-53(57)58)36-28-30-40(31-29-36)47-35-46(39-20-9-3-10-21-39)54-52(55-47)41-22-11-4-12-23-41/h1-35H. The van der Waals surface area contributed by atoms with E-state index >= 15 is 0 Å². The largest absolute Gasteiger partial charge is 0.277 e. The Morgan fingerprint density at radius 3 is 1.40 bits per heavy atom. The lowest BCUT2D eigenvalue weighted by Gasteiger charge is -2.17. The summed E-state index contributed by atoms with van der Waals surface area (Å²) in [6, 6.07) is 74.4. The van der Waals surface area contributed by atoms with Crippen molar-refractivity contribution in [2.75, 3.05) is 0 Å². The van der Waals surface area contributed by atoms with Gasteiger partial charge in [-0.15, -0.1) is 0 Å². The topological polar surface area (TPSA) is 48.0 Å². The van der Waals surface area contributed by atoms with Gasteiger partial charge in [-0.1, -0.05) is 182 Å². The molecule has 0 saturated carbocycles. The molecular formula is C53H35N5. The molecular weight excluding hydrogens is 707 g/mol. The molecule has 0 radical (unpaired) electrons. The number of aromatic nitrogens is 5. The van der Waals surface area contributed by atoms with E-state index in [-0.39, 0.29) is 0 Å². The van der Waals surface area contributed by atoms with Gasteiger partial charge in [-0.05, 0) is 52.6 Å². The number of nitrogens with zero attached hydrogens (tertiary/aromatic N) is 5. The van der Waals surface area contributed by atoms with Gasteiger partial charge in [-0.3, -0.25) is 8.97 Å². The Labute approximate surface area is 335 Å². The van der Waals surface area contributed by atoms with Crippen LogP contribution in [0.4, 0.5) is 0 Å². The highest BCUT2D eigenvalue weighted by Gasteiger charge is 2.23. The van der Waals surface area contributed by atoms with E-state index < -0.39 is 0 Å². The van der Waals surface area contributed by atoms with Crippen molar-refractivity contribution in [3.63, 3.8) is 0 Å². The fourth-order valence-electron chi connectivity index (χ4n) is 8.19. The second-order valence-corrected chi connectivity index (χ2v) is 14.5. The average molecular weight is 742 g/mol. The molecule has 0 atom stereocenters. The molecule has 5 nitrogen and oxygen atoms in total. The number of benzene rings is 8. The van der Waals surface area contributed by atoms with Crippen molar-refractivity contribution in [2.45, 2.75) is 0 Å². The highest BCUT2D eigenvalue weighted by atomic mass is 15.2. The minimum Gasteiger partial charge on any atom is -0.277 e. The van der Waals surface area contributed by atoms with Crippen molar-refractivity contribution >= 4 is 27.8 Å². The first kappa shape index (κ1) is 33.4. The molecule has 0 aliphatic heterocycles. The van der Waals surface area contributed by atoms with Gasteiger partial charge in [0.15, 0.2) is 5.82 Å². The zero-order valence-corrected chi connectivity index (χ0v) is 31.4. The van der Waals surface area contributed by atoms with Crippen LogP contribution in [0.1, 0.15) is 0 Å². The molecule has 3 aromatic heterocycles. The number of para-hydroxylation sites is 3. The highest BCUT2D eigenvalue weighted by molar-refractivity contribution is 5.97. The minimum absolute atomic E-state index is 0.706. The van der Waals surface area contributed by atoms with Crippen LogP contribution >= 0.6 is 0 Å². The second-order valence-electron chi connectivity index (χ2n) is 14.5. The lowest BCUT2D eigenvalue weighted by atomic mass is 9.95. The van der Waals surface area contributed by atoms with Gasteiger partial charge in [0, 0.05) is 27.8 Å². The Morgan fingerprint density at radius 1 is 0.310 bits per heavy atom. The van der Waals surface area contributed by atoms with Crippen molar-refractivity contribution in [1.29, 1.82) is 0 Å². The van der Waals surface area contributed by atoms with E-state index in [1.165, 1.54) is 0 Å². The average Bonchev–Trinajstić information content (AvgIpc) is 3.84. The van der Waals surface area contributed by atoms with Gasteiger partial charge in [-0.25, -0.2) is 15.0 Å². The Bertz CT molecular complexity index is 3130. The van der Waals surface area contributed by atoms with Crippen LogP contribution in [0.25, 0.3) is 101 Å². The second kappa shape index (κ2) is 14.0. The van der Waals surface area contributed by atoms with Gasteiger partial charge in [0.1, 0.15) is 0 Å². The summed E-state index contributed by atoms with van der Waals surface area (Å²) in [6.45, 7) is 0. The maximum atomic E-state index is 5.37. The van der Waals surface area contributed by atoms with Crippen LogP contribution in [0.5, 0.6) is 0 Å². The summed E-state index contributed by atoms with van der Waals surface area (Å²) in [5, 5.41) is 0. The lowest BCUT2D eigenvalue weighted by Crippen LogP contribution is -2.01. The van der Waals surface area contributed by atoms with Crippen molar-refractivity contribution in [2.24, 2.45) is 0 Å². The molecule has 11 rings (SSSR count). The Hall–Kier alpha value is -7.89. The van der Waals surface area contributed by atoms with E-state index in [9.17, 15) is 0 Å². The third kappa shape index (κ3) is 5.76. The zero-order chi connectivity index (χ0) is 38.4. The van der Waals surface area contributed by atoms with E-state index in [1.54, 1.807) is 0 Å². The van der Waals surface area contributed by atoms with Crippen molar-refractivity contribution in [1.82, 2.24) is 23.9 Å². The predicted octanol–water partition coefficient (Wildman–Crippen LogP) is 13.2. The Kier molecular flexibility index (Phi) is 8.07. The molecule has 0 unspecified atom stereocenters. The fraction of sp³-hybridized carbons (Fsp3) is 0. The monoisotopic (exact) mass is 741 g/mol. The number of fused-ring (bicyclic) bond motifs is 5. The summed E-state index contributed by atoms with van der Waals surface area (Å²) < 4.78 is 4.67. The highest BCUT2D eigenvalue weighted by Crippen LogP contribution is 2.40. The number of hydrogen-bond donors (Lipinski definition) is 0.